The van der Waals surface area contributed by atoms with Crippen LogP contribution in [0.25, 0.3) is 0 Å². The molecule has 0 unspecified atom stereocenters. The second-order valence-corrected chi connectivity index (χ2v) is 2.98. The van der Waals surface area contributed by atoms with E-state index in [-0.39, 0.29) is 6.09 Å². The van der Waals surface area contributed by atoms with Crippen molar-refractivity contribution >= 4 is 6.09 Å². The van der Waals surface area contributed by atoms with E-state index in [9.17, 15) is 4.79 Å². The van der Waals surface area contributed by atoms with Gasteiger partial charge in [0.1, 0.15) is 0 Å². The molecule has 0 fully saturated rings. The normalized spacial score (nSPS) is 9.50. The molecule has 1 aromatic carbocycles. The molecule has 0 atom stereocenters. The smallest absolute Gasteiger partial charge is 0.406 e. The van der Waals surface area contributed by atoms with Gasteiger partial charge in [-0.15, -0.1) is 0 Å². The molecule has 3 nitrogen and oxygen atoms in total. The number of carbonyl (C=O) groups is 1. The van der Waals surface area contributed by atoms with Crippen molar-refractivity contribution in [3.63, 3.8) is 0 Å². The summed E-state index contributed by atoms with van der Waals surface area (Å²) in [4.78, 5) is 10.7. The van der Waals surface area contributed by atoms with Gasteiger partial charge >= 0.3 is 6.09 Å². The number of benzene rings is 1. The second-order valence-electron chi connectivity index (χ2n) is 2.98. The number of rotatable bonds is 4. The number of hydrogen-bond donors (Lipinski definition) is 1. The van der Waals surface area contributed by atoms with Crippen LogP contribution in [0.1, 0.15) is 12.0 Å². The summed E-state index contributed by atoms with van der Waals surface area (Å²) in [6, 6.07) is 10.1. The van der Waals surface area contributed by atoms with Gasteiger partial charge in [0.2, 0.25) is 0 Å². The van der Waals surface area contributed by atoms with E-state index in [1.165, 1.54) is 5.56 Å². The van der Waals surface area contributed by atoms with Gasteiger partial charge in [0.05, 0.1) is 6.61 Å². The monoisotopic (exact) mass is 193 g/mol. The van der Waals surface area contributed by atoms with Crippen molar-refractivity contribution in [1.82, 2.24) is 5.32 Å². The third-order valence-corrected chi connectivity index (χ3v) is 1.89. The first-order valence-corrected chi connectivity index (χ1v) is 4.71. The lowest BCUT2D eigenvalue weighted by atomic mass is 10.1. The standard InChI is InChI=1S/C11H15NO2/c1-12-11(13)14-9-5-8-10-6-3-2-4-7-10/h2-4,6-7H,5,8-9H2,1H3,(H,12,13). The average Bonchev–Trinajstić information content (AvgIpc) is 2.25. The summed E-state index contributed by atoms with van der Waals surface area (Å²) in [5.74, 6) is 0. The van der Waals surface area contributed by atoms with E-state index in [1.807, 2.05) is 18.2 Å². The van der Waals surface area contributed by atoms with Crippen LogP contribution in [-0.4, -0.2) is 19.7 Å². The molecule has 1 aromatic rings. The van der Waals surface area contributed by atoms with Crippen molar-refractivity contribution in [2.45, 2.75) is 12.8 Å². The minimum Gasteiger partial charge on any atom is -0.450 e. The fraction of sp³-hybridized carbons (Fsp3) is 0.364. The first-order valence-electron chi connectivity index (χ1n) is 4.71. The minimum atomic E-state index is -0.363. The fourth-order valence-corrected chi connectivity index (χ4v) is 1.16. The Morgan fingerprint density at radius 3 is 2.71 bits per heavy atom. The molecular weight excluding hydrogens is 178 g/mol. The number of carbonyl (C=O) groups excluding carboxylic acids is 1. The zero-order chi connectivity index (χ0) is 10.2. The summed E-state index contributed by atoms with van der Waals surface area (Å²) in [5, 5.41) is 2.40. The highest BCUT2D eigenvalue weighted by Gasteiger charge is 1.97. The lowest BCUT2D eigenvalue weighted by molar-refractivity contribution is 0.147. The van der Waals surface area contributed by atoms with E-state index >= 15 is 0 Å². The van der Waals surface area contributed by atoms with Gasteiger partial charge in [0.15, 0.2) is 0 Å². The number of ether oxygens (including phenoxy) is 1. The van der Waals surface area contributed by atoms with E-state index in [0.717, 1.165) is 12.8 Å². The zero-order valence-electron chi connectivity index (χ0n) is 8.32. The van der Waals surface area contributed by atoms with Crippen molar-refractivity contribution < 1.29 is 9.53 Å². The summed E-state index contributed by atoms with van der Waals surface area (Å²) in [7, 11) is 1.56. The highest BCUT2D eigenvalue weighted by atomic mass is 16.5. The van der Waals surface area contributed by atoms with E-state index < -0.39 is 0 Å². The third-order valence-electron chi connectivity index (χ3n) is 1.89. The quantitative estimate of drug-likeness (QED) is 0.742. The van der Waals surface area contributed by atoms with Crippen LogP contribution < -0.4 is 5.32 Å². The number of alkyl carbamates (subject to hydrolysis) is 1. The Morgan fingerprint density at radius 2 is 2.07 bits per heavy atom. The Bertz CT molecular complexity index is 272. The zero-order valence-corrected chi connectivity index (χ0v) is 8.32. The molecular formula is C11H15NO2. The summed E-state index contributed by atoms with van der Waals surface area (Å²) in [6.07, 6.45) is 1.44. The lowest BCUT2D eigenvalue weighted by Crippen LogP contribution is -2.19. The second kappa shape index (κ2) is 6.02. The molecule has 1 rings (SSSR count). The van der Waals surface area contributed by atoms with E-state index in [0.29, 0.717) is 6.61 Å². The molecule has 0 aliphatic carbocycles. The summed E-state index contributed by atoms with van der Waals surface area (Å²) < 4.78 is 4.86. The van der Waals surface area contributed by atoms with Gasteiger partial charge in [-0.2, -0.15) is 0 Å². The van der Waals surface area contributed by atoms with Gasteiger partial charge in [0, 0.05) is 7.05 Å². The van der Waals surface area contributed by atoms with Crippen LogP contribution in [0.2, 0.25) is 0 Å². The van der Waals surface area contributed by atoms with Gasteiger partial charge in [-0.05, 0) is 18.4 Å². The van der Waals surface area contributed by atoms with E-state index in [4.69, 9.17) is 4.74 Å². The Labute approximate surface area is 84.1 Å². The largest absolute Gasteiger partial charge is 0.450 e. The maximum Gasteiger partial charge on any atom is 0.406 e. The van der Waals surface area contributed by atoms with Gasteiger partial charge in [-0.3, -0.25) is 0 Å². The Balaban J connectivity index is 2.13. The molecule has 0 saturated heterocycles. The SMILES string of the molecule is CNC(=O)OCCCc1ccccc1. The fourth-order valence-electron chi connectivity index (χ4n) is 1.16. The van der Waals surface area contributed by atoms with Crippen LogP contribution >= 0.6 is 0 Å². The highest BCUT2D eigenvalue weighted by Crippen LogP contribution is 2.02. The van der Waals surface area contributed by atoms with Gasteiger partial charge in [0.25, 0.3) is 0 Å². The number of nitrogens with one attached hydrogen (secondary N) is 1. The van der Waals surface area contributed by atoms with E-state index in [1.54, 1.807) is 7.05 Å². The van der Waals surface area contributed by atoms with Crippen molar-refractivity contribution in [2.75, 3.05) is 13.7 Å². The molecule has 0 saturated carbocycles. The van der Waals surface area contributed by atoms with Crippen molar-refractivity contribution in [3.8, 4) is 0 Å². The number of aryl methyl sites for hydroxylation is 1. The predicted octanol–water partition coefficient (Wildman–Crippen LogP) is 1.98. The molecule has 0 bridgehead atoms. The molecule has 0 spiro atoms. The summed E-state index contributed by atoms with van der Waals surface area (Å²) in [6.45, 7) is 0.467. The van der Waals surface area contributed by atoms with Gasteiger partial charge in [-0.25, -0.2) is 4.79 Å². The van der Waals surface area contributed by atoms with E-state index in [2.05, 4.69) is 17.4 Å². The molecule has 0 aliphatic heterocycles. The van der Waals surface area contributed by atoms with Crippen molar-refractivity contribution in [2.24, 2.45) is 0 Å². The first kappa shape index (κ1) is 10.6. The Kier molecular flexibility index (Phi) is 4.55. The molecule has 14 heavy (non-hydrogen) atoms. The highest BCUT2D eigenvalue weighted by molar-refractivity contribution is 5.66. The maximum atomic E-state index is 10.7. The summed E-state index contributed by atoms with van der Waals surface area (Å²) >= 11 is 0. The molecule has 76 valence electrons. The van der Waals surface area contributed by atoms with Crippen LogP contribution in [0.4, 0.5) is 4.79 Å². The molecule has 1 N–H and O–H groups in total. The third kappa shape index (κ3) is 3.94. The molecule has 3 heteroatoms. The van der Waals surface area contributed by atoms with Crippen LogP contribution in [0, 0.1) is 0 Å². The van der Waals surface area contributed by atoms with Crippen LogP contribution in [0.5, 0.6) is 0 Å². The average molecular weight is 193 g/mol. The molecule has 0 radical (unpaired) electrons. The van der Waals surface area contributed by atoms with Crippen LogP contribution in [0.15, 0.2) is 30.3 Å². The summed E-state index contributed by atoms with van der Waals surface area (Å²) in [5.41, 5.74) is 1.27. The van der Waals surface area contributed by atoms with Crippen molar-refractivity contribution in [1.29, 1.82) is 0 Å². The maximum absolute atomic E-state index is 10.7. The van der Waals surface area contributed by atoms with Gasteiger partial charge < -0.3 is 10.1 Å². The Morgan fingerprint density at radius 1 is 1.36 bits per heavy atom. The number of amides is 1. The molecule has 0 aromatic heterocycles. The minimum absolute atomic E-state index is 0.363. The lowest BCUT2D eigenvalue weighted by Gasteiger charge is -2.03. The number of hydrogen-bond acceptors (Lipinski definition) is 2. The molecule has 0 heterocycles. The first-order chi connectivity index (χ1) is 6.83. The topological polar surface area (TPSA) is 38.3 Å². The molecule has 0 aliphatic rings. The van der Waals surface area contributed by atoms with Crippen LogP contribution in [-0.2, 0) is 11.2 Å². The molecule has 1 amide bonds. The van der Waals surface area contributed by atoms with Crippen LogP contribution in [0.3, 0.4) is 0 Å². The van der Waals surface area contributed by atoms with Crippen molar-refractivity contribution in [3.05, 3.63) is 35.9 Å². The predicted molar refractivity (Wildman–Crippen MR) is 55.2 cm³/mol. The van der Waals surface area contributed by atoms with Gasteiger partial charge in [-0.1, -0.05) is 30.3 Å². The Hall–Kier alpha value is -1.51.